The van der Waals surface area contributed by atoms with Crippen LogP contribution in [0.4, 0.5) is 4.39 Å². The first kappa shape index (κ1) is 14.1. The fourth-order valence-corrected chi connectivity index (χ4v) is 4.59. The lowest BCUT2D eigenvalue weighted by molar-refractivity contribution is 0.0958. The SMILES string of the molecule is NC1(c2ccccc2F)CCCCC1C1CCCCC1. The minimum Gasteiger partial charge on any atom is -0.321 e. The number of nitrogens with two attached hydrogens (primary N) is 1. The average molecular weight is 275 g/mol. The average Bonchev–Trinajstić information content (AvgIpc) is 2.49. The van der Waals surface area contributed by atoms with Crippen molar-refractivity contribution in [3.63, 3.8) is 0 Å². The summed E-state index contributed by atoms with van der Waals surface area (Å²) in [6.45, 7) is 0. The fraction of sp³-hybridized carbons (Fsp3) is 0.667. The molecule has 3 rings (SSSR count). The van der Waals surface area contributed by atoms with Crippen molar-refractivity contribution in [1.29, 1.82) is 0 Å². The van der Waals surface area contributed by atoms with Crippen molar-refractivity contribution in [2.45, 2.75) is 63.3 Å². The van der Waals surface area contributed by atoms with Crippen molar-refractivity contribution in [1.82, 2.24) is 0 Å². The zero-order chi connectivity index (χ0) is 14.0. The van der Waals surface area contributed by atoms with E-state index in [1.807, 2.05) is 12.1 Å². The second-order valence-corrected chi connectivity index (χ2v) is 6.77. The molecule has 0 bridgehead atoms. The lowest BCUT2D eigenvalue weighted by Gasteiger charge is -2.46. The summed E-state index contributed by atoms with van der Waals surface area (Å²) in [4.78, 5) is 0. The minimum atomic E-state index is -0.439. The third-order valence-corrected chi connectivity index (χ3v) is 5.61. The smallest absolute Gasteiger partial charge is 0.128 e. The van der Waals surface area contributed by atoms with E-state index < -0.39 is 5.54 Å². The molecule has 2 aliphatic rings. The van der Waals surface area contributed by atoms with Crippen LogP contribution < -0.4 is 5.73 Å². The molecule has 0 radical (unpaired) electrons. The van der Waals surface area contributed by atoms with E-state index in [2.05, 4.69) is 0 Å². The number of halogens is 1. The molecule has 2 aliphatic carbocycles. The maximum absolute atomic E-state index is 14.3. The molecule has 2 saturated carbocycles. The van der Waals surface area contributed by atoms with E-state index in [9.17, 15) is 4.39 Å². The highest BCUT2D eigenvalue weighted by Crippen LogP contribution is 2.47. The maximum atomic E-state index is 14.3. The van der Waals surface area contributed by atoms with Gasteiger partial charge in [-0.15, -0.1) is 0 Å². The van der Waals surface area contributed by atoms with Crippen molar-refractivity contribution in [3.05, 3.63) is 35.6 Å². The quantitative estimate of drug-likeness (QED) is 0.828. The molecule has 0 spiro atoms. The van der Waals surface area contributed by atoms with Crippen LogP contribution in [0.2, 0.25) is 0 Å². The van der Waals surface area contributed by atoms with Gasteiger partial charge in [0.05, 0.1) is 0 Å². The number of hydrogen-bond acceptors (Lipinski definition) is 1. The van der Waals surface area contributed by atoms with Crippen LogP contribution in [-0.2, 0) is 5.54 Å². The van der Waals surface area contributed by atoms with Gasteiger partial charge in [-0.25, -0.2) is 4.39 Å². The highest BCUT2D eigenvalue weighted by atomic mass is 19.1. The third-order valence-electron chi connectivity index (χ3n) is 5.61. The largest absolute Gasteiger partial charge is 0.321 e. The molecule has 2 heteroatoms. The van der Waals surface area contributed by atoms with Crippen molar-refractivity contribution >= 4 is 0 Å². The molecule has 2 N–H and O–H groups in total. The highest BCUT2D eigenvalue weighted by molar-refractivity contribution is 5.28. The first-order valence-electron chi connectivity index (χ1n) is 8.26. The Kier molecular flexibility index (Phi) is 4.11. The van der Waals surface area contributed by atoms with Gasteiger partial charge in [-0.05, 0) is 30.7 Å². The molecule has 1 nitrogen and oxygen atoms in total. The second kappa shape index (κ2) is 5.85. The summed E-state index contributed by atoms with van der Waals surface area (Å²) in [6, 6.07) is 7.17. The van der Waals surface area contributed by atoms with Gasteiger partial charge in [0.15, 0.2) is 0 Å². The Morgan fingerprint density at radius 3 is 2.40 bits per heavy atom. The van der Waals surface area contributed by atoms with Gasteiger partial charge in [0, 0.05) is 11.1 Å². The molecule has 110 valence electrons. The summed E-state index contributed by atoms with van der Waals surface area (Å²) >= 11 is 0. The van der Waals surface area contributed by atoms with Crippen LogP contribution >= 0.6 is 0 Å². The molecule has 2 unspecified atom stereocenters. The van der Waals surface area contributed by atoms with Crippen molar-refractivity contribution in [2.75, 3.05) is 0 Å². The van der Waals surface area contributed by atoms with Crippen LogP contribution in [0.3, 0.4) is 0 Å². The van der Waals surface area contributed by atoms with Crippen LogP contribution in [0.25, 0.3) is 0 Å². The van der Waals surface area contributed by atoms with E-state index in [4.69, 9.17) is 5.73 Å². The van der Waals surface area contributed by atoms with Gasteiger partial charge >= 0.3 is 0 Å². The number of rotatable bonds is 2. The lowest BCUT2D eigenvalue weighted by Crippen LogP contribution is -2.50. The second-order valence-electron chi connectivity index (χ2n) is 6.77. The first-order valence-corrected chi connectivity index (χ1v) is 8.26. The van der Waals surface area contributed by atoms with E-state index in [0.29, 0.717) is 11.8 Å². The van der Waals surface area contributed by atoms with Crippen molar-refractivity contribution < 1.29 is 4.39 Å². The van der Waals surface area contributed by atoms with Gasteiger partial charge in [-0.1, -0.05) is 63.1 Å². The van der Waals surface area contributed by atoms with E-state index >= 15 is 0 Å². The molecule has 0 aromatic heterocycles. The summed E-state index contributed by atoms with van der Waals surface area (Å²) in [5.41, 5.74) is 7.14. The zero-order valence-electron chi connectivity index (χ0n) is 12.3. The summed E-state index contributed by atoms with van der Waals surface area (Å²) < 4.78 is 14.3. The third kappa shape index (κ3) is 2.50. The molecule has 0 saturated heterocycles. The standard InChI is InChI=1S/C18H26FN/c19-17-12-5-4-11-16(17)18(20)13-7-6-10-15(18)14-8-2-1-3-9-14/h4-5,11-12,14-15H,1-3,6-10,13,20H2. The summed E-state index contributed by atoms with van der Waals surface area (Å²) in [5.74, 6) is 1.06. The van der Waals surface area contributed by atoms with E-state index in [1.165, 1.54) is 44.9 Å². The van der Waals surface area contributed by atoms with Gasteiger partial charge in [0.25, 0.3) is 0 Å². The Morgan fingerprint density at radius 1 is 0.950 bits per heavy atom. The van der Waals surface area contributed by atoms with Crippen molar-refractivity contribution in [3.8, 4) is 0 Å². The predicted octanol–water partition coefficient (Wildman–Crippen LogP) is 4.75. The normalized spacial score (nSPS) is 32.2. The van der Waals surface area contributed by atoms with Crippen molar-refractivity contribution in [2.24, 2.45) is 17.6 Å². The van der Waals surface area contributed by atoms with Crippen LogP contribution in [0.15, 0.2) is 24.3 Å². The molecule has 0 amide bonds. The molecule has 20 heavy (non-hydrogen) atoms. The molecular weight excluding hydrogens is 249 g/mol. The molecule has 1 aromatic carbocycles. The Bertz CT molecular complexity index is 452. The van der Waals surface area contributed by atoms with Gasteiger partial charge in [0.1, 0.15) is 5.82 Å². The summed E-state index contributed by atoms with van der Waals surface area (Å²) in [5, 5.41) is 0. The maximum Gasteiger partial charge on any atom is 0.128 e. The highest BCUT2D eigenvalue weighted by Gasteiger charge is 2.43. The minimum absolute atomic E-state index is 0.113. The molecule has 2 atom stereocenters. The molecule has 0 heterocycles. The monoisotopic (exact) mass is 275 g/mol. The van der Waals surface area contributed by atoms with E-state index in [-0.39, 0.29) is 5.82 Å². The Hall–Kier alpha value is -0.890. The predicted molar refractivity (Wildman–Crippen MR) is 80.8 cm³/mol. The topological polar surface area (TPSA) is 26.0 Å². The molecule has 2 fully saturated rings. The molecule has 0 aliphatic heterocycles. The fourth-order valence-electron chi connectivity index (χ4n) is 4.59. The van der Waals surface area contributed by atoms with Crippen LogP contribution in [-0.4, -0.2) is 0 Å². The zero-order valence-corrected chi connectivity index (χ0v) is 12.3. The lowest BCUT2D eigenvalue weighted by atomic mass is 9.62. The Labute approximate surface area is 121 Å². The number of benzene rings is 1. The van der Waals surface area contributed by atoms with Crippen LogP contribution in [0.1, 0.15) is 63.4 Å². The van der Waals surface area contributed by atoms with Crippen LogP contribution in [0.5, 0.6) is 0 Å². The van der Waals surface area contributed by atoms with E-state index in [0.717, 1.165) is 18.4 Å². The summed E-state index contributed by atoms with van der Waals surface area (Å²) in [7, 11) is 0. The molecule has 1 aromatic rings. The Morgan fingerprint density at radius 2 is 1.65 bits per heavy atom. The number of hydrogen-bond donors (Lipinski definition) is 1. The summed E-state index contributed by atoms with van der Waals surface area (Å²) in [6.07, 6.45) is 11.1. The van der Waals surface area contributed by atoms with Gasteiger partial charge in [-0.2, -0.15) is 0 Å². The van der Waals surface area contributed by atoms with Gasteiger partial charge in [0.2, 0.25) is 0 Å². The van der Waals surface area contributed by atoms with E-state index in [1.54, 1.807) is 12.1 Å². The molecular formula is C18H26FN. The Balaban J connectivity index is 1.92. The van der Waals surface area contributed by atoms with Crippen LogP contribution in [0, 0.1) is 17.7 Å². The first-order chi connectivity index (χ1) is 9.72. The van der Waals surface area contributed by atoms with Gasteiger partial charge in [-0.3, -0.25) is 0 Å². The van der Waals surface area contributed by atoms with Gasteiger partial charge < -0.3 is 5.73 Å².